The number of aliphatic imine (C=N–C) groups is 1. The summed E-state index contributed by atoms with van der Waals surface area (Å²) in [5.74, 6) is -4.06. The Morgan fingerprint density at radius 2 is 1.80 bits per heavy atom. The van der Waals surface area contributed by atoms with E-state index in [2.05, 4.69) is 17.2 Å². The summed E-state index contributed by atoms with van der Waals surface area (Å²) in [6, 6.07) is 8.64. The molecule has 0 atom stereocenters. The van der Waals surface area contributed by atoms with E-state index in [1.807, 2.05) is 5.16 Å². The first-order valence-corrected chi connectivity index (χ1v) is 5.95. The van der Waals surface area contributed by atoms with Crippen molar-refractivity contribution in [3.8, 4) is 16.9 Å². The Kier molecular flexibility index (Phi) is 4.50. The van der Waals surface area contributed by atoms with E-state index in [1.165, 1.54) is 12.1 Å². The minimum atomic E-state index is -1.31. The monoisotopic (exact) mass is 295 g/mol. The molecule has 20 heavy (non-hydrogen) atoms. The molecule has 0 unspecified atom stereocenters. The van der Waals surface area contributed by atoms with Crippen molar-refractivity contribution >= 4 is 17.4 Å². The van der Waals surface area contributed by atoms with E-state index in [0.717, 1.165) is 6.07 Å². The highest BCUT2D eigenvalue weighted by Crippen LogP contribution is 2.32. The van der Waals surface area contributed by atoms with Crippen LogP contribution in [0.1, 0.15) is 0 Å². The fourth-order valence-electron chi connectivity index (χ4n) is 1.68. The zero-order valence-electron chi connectivity index (χ0n) is 10.1. The molecule has 0 spiro atoms. The summed E-state index contributed by atoms with van der Waals surface area (Å²) in [5.41, 5.74) is -0.196. The van der Waals surface area contributed by atoms with Crippen molar-refractivity contribution in [2.24, 2.45) is 4.99 Å². The normalized spacial score (nSPS) is 9.95. The van der Waals surface area contributed by atoms with E-state index in [-0.39, 0.29) is 12.3 Å². The zero-order chi connectivity index (χ0) is 14.5. The van der Waals surface area contributed by atoms with E-state index in [9.17, 15) is 13.2 Å². The lowest BCUT2D eigenvalue weighted by Gasteiger charge is -2.10. The lowest BCUT2D eigenvalue weighted by Crippen LogP contribution is -2.02. The average molecular weight is 295 g/mol. The van der Waals surface area contributed by atoms with Gasteiger partial charge in [-0.05, 0) is 17.8 Å². The van der Waals surface area contributed by atoms with Gasteiger partial charge in [-0.15, -0.1) is 0 Å². The number of ether oxygens (including phenoxy) is 1. The van der Waals surface area contributed by atoms with E-state index in [0.29, 0.717) is 0 Å². The molecule has 0 radical (unpaired) electrons. The van der Waals surface area contributed by atoms with E-state index < -0.39 is 28.8 Å². The molecule has 0 heterocycles. The molecule has 0 aliphatic rings. The molecular formula is C14H8F3NOS. The average Bonchev–Trinajstić information content (AvgIpc) is 2.46. The van der Waals surface area contributed by atoms with E-state index >= 15 is 0 Å². The van der Waals surface area contributed by atoms with Crippen molar-refractivity contribution < 1.29 is 17.9 Å². The van der Waals surface area contributed by atoms with Gasteiger partial charge in [0.25, 0.3) is 0 Å². The predicted octanol–water partition coefficient (Wildman–Crippen LogP) is 4.21. The first-order valence-electron chi connectivity index (χ1n) is 5.54. The maximum Gasteiger partial charge on any atom is 0.201 e. The molecule has 0 bridgehead atoms. The summed E-state index contributed by atoms with van der Waals surface area (Å²) >= 11 is 4.30. The van der Waals surface area contributed by atoms with Crippen molar-refractivity contribution in [3.63, 3.8) is 0 Å². The molecule has 0 saturated heterocycles. The summed E-state index contributed by atoms with van der Waals surface area (Å²) in [6.45, 7) is -0.357. The molecular weight excluding hydrogens is 287 g/mol. The second kappa shape index (κ2) is 6.32. The van der Waals surface area contributed by atoms with Gasteiger partial charge in [0.1, 0.15) is 5.82 Å². The number of hydrogen-bond donors (Lipinski definition) is 0. The van der Waals surface area contributed by atoms with Crippen LogP contribution in [0.2, 0.25) is 0 Å². The third-order valence-electron chi connectivity index (χ3n) is 2.54. The van der Waals surface area contributed by atoms with Gasteiger partial charge >= 0.3 is 0 Å². The standard InChI is InChI=1S/C14H8F3NOS/c15-10-6-11(19-7-18-8-20)13(16)14(17)12(10)9-4-2-1-3-5-9/h1-6H,7H2. The molecule has 0 aliphatic carbocycles. The van der Waals surface area contributed by atoms with Crippen LogP contribution < -0.4 is 4.74 Å². The molecule has 0 N–H and O–H groups in total. The second-order valence-corrected chi connectivity index (χ2v) is 3.93. The second-order valence-electron chi connectivity index (χ2n) is 3.75. The Balaban J connectivity index is 2.47. The van der Waals surface area contributed by atoms with Gasteiger partial charge in [0.05, 0.1) is 10.7 Å². The highest BCUT2D eigenvalue weighted by Gasteiger charge is 2.20. The Morgan fingerprint density at radius 3 is 2.45 bits per heavy atom. The molecule has 0 aliphatic heterocycles. The van der Waals surface area contributed by atoms with E-state index in [4.69, 9.17) is 4.74 Å². The van der Waals surface area contributed by atoms with E-state index in [1.54, 1.807) is 18.2 Å². The topological polar surface area (TPSA) is 21.6 Å². The van der Waals surface area contributed by atoms with Crippen LogP contribution in [0.25, 0.3) is 11.1 Å². The van der Waals surface area contributed by atoms with Crippen molar-refractivity contribution in [1.29, 1.82) is 0 Å². The number of isothiocyanates is 1. The minimum Gasteiger partial charge on any atom is -0.467 e. The first kappa shape index (κ1) is 14.2. The third-order valence-corrected chi connectivity index (χ3v) is 2.67. The van der Waals surface area contributed by atoms with Crippen LogP contribution >= 0.6 is 12.2 Å². The van der Waals surface area contributed by atoms with Crippen LogP contribution in [0, 0.1) is 17.5 Å². The summed E-state index contributed by atoms with van der Waals surface area (Å²) in [5, 5.41) is 2.00. The smallest absolute Gasteiger partial charge is 0.201 e. The molecule has 2 aromatic rings. The largest absolute Gasteiger partial charge is 0.467 e. The number of rotatable bonds is 4. The number of nitrogens with zero attached hydrogens (tertiary/aromatic N) is 1. The number of hydrogen-bond acceptors (Lipinski definition) is 3. The molecule has 2 aromatic carbocycles. The van der Waals surface area contributed by atoms with Crippen molar-refractivity contribution in [1.82, 2.24) is 0 Å². The van der Waals surface area contributed by atoms with Crippen LogP contribution in [0.3, 0.4) is 0 Å². The van der Waals surface area contributed by atoms with Gasteiger partial charge < -0.3 is 4.74 Å². The van der Waals surface area contributed by atoms with Crippen LogP contribution in [-0.2, 0) is 0 Å². The Bertz CT molecular complexity index is 670. The maximum absolute atomic E-state index is 14.0. The molecule has 0 saturated carbocycles. The minimum absolute atomic E-state index is 0.241. The maximum atomic E-state index is 14.0. The Labute approximate surface area is 118 Å². The molecule has 0 fully saturated rings. The fraction of sp³-hybridized carbons (Fsp3) is 0.0714. The number of halogens is 3. The summed E-state index contributed by atoms with van der Waals surface area (Å²) < 4.78 is 46.5. The Morgan fingerprint density at radius 1 is 1.10 bits per heavy atom. The van der Waals surface area contributed by atoms with Crippen LogP contribution in [-0.4, -0.2) is 11.9 Å². The molecule has 2 nitrogen and oxygen atoms in total. The lowest BCUT2D eigenvalue weighted by atomic mass is 10.0. The predicted molar refractivity (Wildman–Crippen MR) is 72.3 cm³/mol. The van der Waals surface area contributed by atoms with Crippen LogP contribution in [0.5, 0.6) is 5.75 Å². The molecule has 0 aromatic heterocycles. The molecule has 102 valence electrons. The summed E-state index contributed by atoms with van der Waals surface area (Å²) in [4.78, 5) is 3.38. The quantitative estimate of drug-likeness (QED) is 0.479. The third kappa shape index (κ3) is 2.87. The summed E-state index contributed by atoms with van der Waals surface area (Å²) in [6.07, 6.45) is 0. The van der Waals surface area contributed by atoms with Gasteiger partial charge in [-0.3, -0.25) is 0 Å². The number of benzene rings is 2. The highest BCUT2D eigenvalue weighted by molar-refractivity contribution is 7.78. The van der Waals surface area contributed by atoms with Crippen molar-refractivity contribution in [2.75, 3.05) is 6.73 Å². The zero-order valence-corrected chi connectivity index (χ0v) is 10.9. The van der Waals surface area contributed by atoms with Gasteiger partial charge in [-0.1, -0.05) is 30.3 Å². The van der Waals surface area contributed by atoms with Crippen LogP contribution in [0.15, 0.2) is 41.4 Å². The van der Waals surface area contributed by atoms with Gasteiger partial charge in [0.2, 0.25) is 5.82 Å². The van der Waals surface area contributed by atoms with Crippen LogP contribution in [0.4, 0.5) is 13.2 Å². The molecule has 2 rings (SSSR count). The van der Waals surface area contributed by atoms with Gasteiger partial charge in [0.15, 0.2) is 18.3 Å². The van der Waals surface area contributed by atoms with Gasteiger partial charge in [-0.2, -0.15) is 9.38 Å². The molecule has 6 heteroatoms. The lowest BCUT2D eigenvalue weighted by molar-refractivity contribution is 0.305. The fourth-order valence-corrected chi connectivity index (χ4v) is 1.73. The van der Waals surface area contributed by atoms with Crippen molar-refractivity contribution in [2.45, 2.75) is 0 Å². The van der Waals surface area contributed by atoms with Gasteiger partial charge in [-0.25, -0.2) is 8.78 Å². The van der Waals surface area contributed by atoms with Crippen molar-refractivity contribution in [3.05, 3.63) is 53.8 Å². The van der Waals surface area contributed by atoms with Gasteiger partial charge in [0, 0.05) is 6.07 Å². The summed E-state index contributed by atoms with van der Waals surface area (Å²) in [7, 11) is 0. The highest BCUT2D eigenvalue weighted by atomic mass is 32.1. The SMILES string of the molecule is Fc1cc(OCN=C=S)c(F)c(F)c1-c1ccccc1. The molecule has 0 amide bonds. The first-order chi connectivity index (χ1) is 9.65. The number of thiocarbonyl (C=S) groups is 1. The Hall–Kier alpha value is -2.17.